The maximum atomic E-state index is 5.95. The van der Waals surface area contributed by atoms with Gasteiger partial charge in [0.2, 0.25) is 0 Å². The van der Waals surface area contributed by atoms with Gasteiger partial charge in [-0.3, -0.25) is 5.43 Å². The van der Waals surface area contributed by atoms with Crippen LogP contribution < -0.4 is 20.2 Å². The highest BCUT2D eigenvalue weighted by molar-refractivity contribution is 7.80. The van der Waals surface area contributed by atoms with E-state index in [4.69, 9.17) is 21.7 Å². The minimum Gasteiger partial charge on any atom is -0.493 e. The number of hydrazone groups is 1. The molecule has 2 rings (SSSR count). The number of nitrogens with zero attached hydrogens (tertiary/aromatic N) is 1. The van der Waals surface area contributed by atoms with E-state index < -0.39 is 0 Å². The van der Waals surface area contributed by atoms with Crippen molar-refractivity contribution in [3.8, 4) is 11.5 Å². The van der Waals surface area contributed by atoms with E-state index >= 15 is 0 Å². The SMILES string of the molecule is CCNC(=S)N/N=C\c1ccc(OCc2ccc(C(C)(C)C)cc2)c(OC)c1. The summed E-state index contributed by atoms with van der Waals surface area (Å²) >= 11 is 5.07. The summed E-state index contributed by atoms with van der Waals surface area (Å²) < 4.78 is 11.4. The van der Waals surface area contributed by atoms with Crippen LogP contribution in [-0.2, 0) is 12.0 Å². The lowest BCUT2D eigenvalue weighted by atomic mass is 9.87. The molecule has 5 nitrogen and oxygen atoms in total. The predicted molar refractivity (Wildman–Crippen MR) is 119 cm³/mol. The molecule has 0 bridgehead atoms. The number of ether oxygens (including phenoxy) is 2. The van der Waals surface area contributed by atoms with Gasteiger partial charge in [0.05, 0.1) is 13.3 Å². The van der Waals surface area contributed by atoms with E-state index in [1.54, 1.807) is 13.3 Å². The first-order chi connectivity index (χ1) is 13.3. The molecule has 2 N–H and O–H groups in total. The average Bonchev–Trinajstić information content (AvgIpc) is 2.66. The van der Waals surface area contributed by atoms with Crippen molar-refractivity contribution in [2.75, 3.05) is 13.7 Å². The Labute approximate surface area is 173 Å². The molecule has 6 heteroatoms. The third-order valence-electron chi connectivity index (χ3n) is 4.12. The molecule has 0 radical (unpaired) electrons. The monoisotopic (exact) mass is 399 g/mol. The third-order valence-corrected chi connectivity index (χ3v) is 4.35. The third kappa shape index (κ3) is 6.53. The molecule has 0 aromatic heterocycles. The smallest absolute Gasteiger partial charge is 0.186 e. The molecule has 0 spiro atoms. The van der Waals surface area contributed by atoms with Gasteiger partial charge in [-0.15, -0.1) is 0 Å². The van der Waals surface area contributed by atoms with Crippen LogP contribution in [0, 0.1) is 0 Å². The van der Waals surface area contributed by atoms with Gasteiger partial charge < -0.3 is 14.8 Å². The normalized spacial score (nSPS) is 11.3. The second-order valence-electron chi connectivity index (χ2n) is 7.38. The molecule has 0 saturated heterocycles. The summed E-state index contributed by atoms with van der Waals surface area (Å²) in [6, 6.07) is 14.2. The molecular formula is C22H29N3O2S. The Hall–Kier alpha value is -2.60. The summed E-state index contributed by atoms with van der Waals surface area (Å²) in [6.07, 6.45) is 1.68. The summed E-state index contributed by atoms with van der Waals surface area (Å²) in [5, 5.41) is 7.57. The number of hydrogen-bond donors (Lipinski definition) is 2. The zero-order valence-electron chi connectivity index (χ0n) is 17.2. The van der Waals surface area contributed by atoms with E-state index in [2.05, 4.69) is 60.9 Å². The Morgan fingerprint density at radius 2 is 1.82 bits per heavy atom. The Bertz CT molecular complexity index is 812. The Morgan fingerprint density at radius 1 is 1.11 bits per heavy atom. The van der Waals surface area contributed by atoms with Crippen LogP contribution in [0.1, 0.15) is 44.4 Å². The van der Waals surface area contributed by atoms with Crippen LogP contribution in [0.15, 0.2) is 47.6 Å². The topological polar surface area (TPSA) is 54.9 Å². The van der Waals surface area contributed by atoms with Crippen molar-refractivity contribution in [1.82, 2.24) is 10.7 Å². The van der Waals surface area contributed by atoms with E-state index in [1.165, 1.54) is 5.56 Å². The fourth-order valence-corrected chi connectivity index (χ4v) is 2.71. The van der Waals surface area contributed by atoms with E-state index in [0.29, 0.717) is 23.2 Å². The lowest BCUT2D eigenvalue weighted by molar-refractivity contribution is 0.284. The quantitative estimate of drug-likeness (QED) is 0.411. The Balaban J connectivity index is 2.00. The van der Waals surface area contributed by atoms with Gasteiger partial charge >= 0.3 is 0 Å². The van der Waals surface area contributed by atoms with Crippen LogP contribution in [0.25, 0.3) is 0 Å². The fraction of sp³-hybridized carbons (Fsp3) is 0.364. The van der Waals surface area contributed by atoms with Gasteiger partial charge in [0.25, 0.3) is 0 Å². The van der Waals surface area contributed by atoms with Gasteiger partial charge in [-0.05, 0) is 59.4 Å². The molecule has 0 unspecified atom stereocenters. The largest absolute Gasteiger partial charge is 0.493 e. The molecule has 0 aliphatic rings. The second kappa shape index (κ2) is 10.1. The van der Waals surface area contributed by atoms with Gasteiger partial charge in [0, 0.05) is 6.54 Å². The molecule has 0 aliphatic heterocycles. The predicted octanol–water partition coefficient (Wildman–Crippen LogP) is 4.39. The molecular weight excluding hydrogens is 370 g/mol. The summed E-state index contributed by atoms with van der Waals surface area (Å²) in [6.45, 7) is 9.82. The maximum absolute atomic E-state index is 5.95. The van der Waals surface area contributed by atoms with Crippen LogP contribution in [0.5, 0.6) is 11.5 Å². The minimum atomic E-state index is 0.144. The Morgan fingerprint density at radius 3 is 2.43 bits per heavy atom. The van der Waals surface area contributed by atoms with Crippen LogP contribution in [-0.4, -0.2) is 25.0 Å². The zero-order chi connectivity index (χ0) is 20.6. The van der Waals surface area contributed by atoms with Crippen molar-refractivity contribution in [3.05, 3.63) is 59.2 Å². The summed E-state index contributed by atoms with van der Waals surface area (Å²) in [4.78, 5) is 0. The van der Waals surface area contributed by atoms with Crippen molar-refractivity contribution in [2.24, 2.45) is 5.10 Å². The summed E-state index contributed by atoms with van der Waals surface area (Å²) in [5.41, 5.74) is 6.21. The lowest BCUT2D eigenvalue weighted by Gasteiger charge is -2.19. The molecule has 0 amide bonds. The average molecular weight is 400 g/mol. The first kappa shape index (κ1) is 21.7. The molecule has 0 heterocycles. The fourth-order valence-electron chi connectivity index (χ4n) is 2.51. The molecule has 0 atom stereocenters. The number of methoxy groups -OCH3 is 1. The van der Waals surface area contributed by atoms with E-state index in [-0.39, 0.29) is 5.41 Å². The molecule has 150 valence electrons. The molecule has 2 aromatic carbocycles. The van der Waals surface area contributed by atoms with Crippen LogP contribution in [0.4, 0.5) is 0 Å². The number of rotatable bonds is 7. The standard InChI is InChI=1S/C22H29N3O2S/c1-6-23-21(28)25-24-14-17-9-12-19(20(13-17)26-5)27-15-16-7-10-18(11-8-16)22(2,3)4/h7-14H,6,15H2,1-5H3,(H2,23,25,28)/b24-14-. The molecule has 0 aliphatic carbocycles. The highest BCUT2D eigenvalue weighted by Gasteiger charge is 2.13. The van der Waals surface area contributed by atoms with Crippen molar-refractivity contribution < 1.29 is 9.47 Å². The Kier molecular flexibility index (Phi) is 7.81. The molecule has 0 saturated carbocycles. The number of benzene rings is 2. The number of hydrogen-bond acceptors (Lipinski definition) is 4. The van der Waals surface area contributed by atoms with E-state index in [1.807, 2.05) is 25.1 Å². The molecule has 2 aromatic rings. The van der Waals surface area contributed by atoms with Crippen molar-refractivity contribution in [3.63, 3.8) is 0 Å². The second-order valence-corrected chi connectivity index (χ2v) is 7.78. The van der Waals surface area contributed by atoms with E-state index in [9.17, 15) is 0 Å². The van der Waals surface area contributed by atoms with Crippen molar-refractivity contribution >= 4 is 23.5 Å². The lowest BCUT2D eigenvalue weighted by Crippen LogP contribution is -2.31. The van der Waals surface area contributed by atoms with Gasteiger partial charge in [0.1, 0.15) is 6.61 Å². The zero-order valence-corrected chi connectivity index (χ0v) is 18.0. The molecule has 0 fully saturated rings. The van der Waals surface area contributed by atoms with E-state index in [0.717, 1.165) is 17.7 Å². The minimum absolute atomic E-state index is 0.144. The maximum Gasteiger partial charge on any atom is 0.186 e. The summed E-state index contributed by atoms with van der Waals surface area (Å²) in [7, 11) is 1.62. The van der Waals surface area contributed by atoms with Gasteiger partial charge in [-0.25, -0.2) is 0 Å². The first-order valence-corrected chi connectivity index (χ1v) is 9.71. The van der Waals surface area contributed by atoms with Gasteiger partial charge in [0.15, 0.2) is 16.6 Å². The number of thiocarbonyl (C=S) groups is 1. The highest BCUT2D eigenvalue weighted by Crippen LogP contribution is 2.29. The van der Waals surface area contributed by atoms with Crippen molar-refractivity contribution in [1.29, 1.82) is 0 Å². The number of nitrogens with one attached hydrogen (secondary N) is 2. The van der Waals surface area contributed by atoms with Gasteiger partial charge in [-0.2, -0.15) is 5.10 Å². The van der Waals surface area contributed by atoms with Crippen LogP contribution in [0.3, 0.4) is 0 Å². The summed E-state index contributed by atoms with van der Waals surface area (Å²) in [5.74, 6) is 1.35. The first-order valence-electron chi connectivity index (χ1n) is 9.30. The van der Waals surface area contributed by atoms with Crippen molar-refractivity contribution in [2.45, 2.75) is 39.7 Å². The van der Waals surface area contributed by atoms with Gasteiger partial charge in [-0.1, -0.05) is 45.0 Å². The highest BCUT2D eigenvalue weighted by atomic mass is 32.1. The van der Waals surface area contributed by atoms with Crippen LogP contribution in [0.2, 0.25) is 0 Å². The van der Waals surface area contributed by atoms with Crippen LogP contribution >= 0.6 is 12.2 Å². The molecule has 28 heavy (non-hydrogen) atoms.